The van der Waals surface area contributed by atoms with Crippen LogP contribution in [-0.2, 0) is 0 Å². The molecule has 10 heavy (non-hydrogen) atoms. The minimum absolute atomic E-state index is 1.02. The van der Waals surface area contributed by atoms with Crippen LogP contribution in [0.15, 0.2) is 28.8 Å². The second kappa shape index (κ2) is 2.41. The van der Waals surface area contributed by atoms with Gasteiger partial charge in [-0.1, -0.05) is 12.2 Å². The monoisotopic (exact) mass is 133 g/mol. The van der Waals surface area contributed by atoms with Gasteiger partial charge in [-0.15, -0.1) is 0 Å². The molecule has 0 aromatic rings. The van der Waals surface area contributed by atoms with Crippen molar-refractivity contribution in [2.45, 2.75) is 19.3 Å². The molecule has 1 nitrogen and oxygen atoms in total. The Hall–Kier alpha value is -0.850. The standard InChI is InChI=1S/C9H11N/c1-2-6-9-8(4-1)5-3-7-10-9/h2,4,6H,1,3,5,7H2. The first-order valence-electron chi connectivity index (χ1n) is 3.87. The molecule has 0 saturated heterocycles. The number of nitrogens with zero attached hydrogens (tertiary/aromatic N) is 1. The highest BCUT2D eigenvalue weighted by Gasteiger charge is 2.09. The molecule has 0 aromatic carbocycles. The number of hydrogen-bond donors (Lipinski definition) is 0. The van der Waals surface area contributed by atoms with Gasteiger partial charge in [-0.3, -0.25) is 4.99 Å². The maximum absolute atomic E-state index is 4.41. The average molecular weight is 133 g/mol. The SMILES string of the molecule is C1=CC2=NCCCC2=CC1. The van der Waals surface area contributed by atoms with Gasteiger partial charge >= 0.3 is 0 Å². The Morgan fingerprint density at radius 3 is 3.30 bits per heavy atom. The van der Waals surface area contributed by atoms with E-state index in [0.717, 1.165) is 13.0 Å². The summed E-state index contributed by atoms with van der Waals surface area (Å²) in [5, 5.41) is 0. The lowest BCUT2D eigenvalue weighted by Crippen LogP contribution is -2.09. The highest BCUT2D eigenvalue weighted by Crippen LogP contribution is 2.18. The van der Waals surface area contributed by atoms with E-state index in [1.54, 1.807) is 0 Å². The molecule has 0 bridgehead atoms. The molecule has 1 heteroatoms. The summed E-state index contributed by atoms with van der Waals surface area (Å²) in [5.74, 6) is 0. The van der Waals surface area contributed by atoms with Crippen LogP contribution in [0.5, 0.6) is 0 Å². The molecule has 0 atom stereocenters. The Morgan fingerprint density at radius 2 is 2.40 bits per heavy atom. The highest BCUT2D eigenvalue weighted by atomic mass is 14.7. The Kier molecular flexibility index (Phi) is 1.42. The van der Waals surface area contributed by atoms with E-state index in [-0.39, 0.29) is 0 Å². The first kappa shape index (κ1) is 5.90. The number of fused-ring (bicyclic) bond motifs is 1. The third kappa shape index (κ3) is 0.919. The molecular weight excluding hydrogens is 122 g/mol. The normalized spacial score (nSPS) is 23.2. The minimum atomic E-state index is 1.02. The zero-order valence-electron chi connectivity index (χ0n) is 6.01. The fourth-order valence-electron chi connectivity index (χ4n) is 1.45. The van der Waals surface area contributed by atoms with Gasteiger partial charge in [0.15, 0.2) is 0 Å². The van der Waals surface area contributed by atoms with E-state index in [9.17, 15) is 0 Å². The summed E-state index contributed by atoms with van der Waals surface area (Å²) in [4.78, 5) is 4.41. The molecule has 0 saturated carbocycles. The van der Waals surface area contributed by atoms with Crippen molar-refractivity contribution in [3.05, 3.63) is 23.8 Å². The maximum Gasteiger partial charge on any atom is 0.0600 e. The average Bonchev–Trinajstić information content (AvgIpc) is 2.05. The molecule has 0 amide bonds. The van der Waals surface area contributed by atoms with E-state index >= 15 is 0 Å². The summed E-state index contributed by atoms with van der Waals surface area (Å²) < 4.78 is 0. The van der Waals surface area contributed by atoms with Crippen LogP contribution >= 0.6 is 0 Å². The third-order valence-electron chi connectivity index (χ3n) is 1.99. The summed E-state index contributed by atoms with van der Waals surface area (Å²) >= 11 is 0. The van der Waals surface area contributed by atoms with E-state index in [1.807, 2.05) is 0 Å². The van der Waals surface area contributed by atoms with Crippen molar-refractivity contribution < 1.29 is 0 Å². The molecule has 2 aliphatic rings. The third-order valence-corrected chi connectivity index (χ3v) is 1.99. The topological polar surface area (TPSA) is 12.4 Å². The molecule has 0 aromatic heterocycles. The molecule has 0 radical (unpaired) electrons. The summed E-state index contributed by atoms with van der Waals surface area (Å²) in [6.45, 7) is 1.02. The minimum Gasteiger partial charge on any atom is -0.285 e. The van der Waals surface area contributed by atoms with Gasteiger partial charge in [-0.25, -0.2) is 0 Å². The van der Waals surface area contributed by atoms with Crippen LogP contribution in [-0.4, -0.2) is 12.3 Å². The van der Waals surface area contributed by atoms with Crippen LogP contribution in [0.25, 0.3) is 0 Å². The van der Waals surface area contributed by atoms with Crippen molar-refractivity contribution >= 4 is 5.71 Å². The lowest BCUT2D eigenvalue weighted by Gasteiger charge is -2.15. The molecule has 0 N–H and O–H groups in total. The zero-order chi connectivity index (χ0) is 6.81. The second-order valence-corrected chi connectivity index (χ2v) is 2.74. The smallest absolute Gasteiger partial charge is 0.0600 e. The van der Waals surface area contributed by atoms with E-state index in [4.69, 9.17) is 0 Å². The van der Waals surface area contributed by atoms with Crippen LogP contribution in [0.4, 0.5) is 0 Å². The van der Waals surface area contributed by atoms with E-state index in [1.165, 1.54) is 24.1 Å². The van der Waals surface area contributed by atoms with Crippen molar-refractivity contribution in [3.8, 4) is 0 Å². The predicted molar refractivity (Wildman–Crippen MR) is 43.4 cm³/mol. The van der Waals surface area contributed by atoms with Crippen molar-refractivity contribution in [2.24, 2.45) is 4.99 Å². The van der Waals surface area contributed by atoms with Crippen molar-refractivity contribution in [1.29, 1.82) is 0 Å². The summed E-state index contributed by atoms with van der Waals surface area (Å²) in [5.41, 5.74) is 2.70. The lowest BCUT2D eigenvalue weighted by molar-refractivity contribution is 0.812. The van der Waals surface area contributed by atoms with Crippen LogP contribution in [0.2, 0.25) is 0 Å². The first-order valence-corrected chi connectivity index (χ1v) is 3.87. The van der Waals surface area contributed by atoms with Gasteiger partial charge < -0.3 is 0 Å². The number of allylic oxidation sites excluding steroid dienone is 4. The maximum atomic E-state index is 4.41. The molecule has 2 rings (SSSR count). The Balaban J connectivity index is 2.32. The van der Waals surface area contributed by atoms with Gasteiger partial charge in [0.1, 0.15) is 0 Å². The lowest BCUT2D eigenvalue weighted by atomic mass is 9.97. The Labute approximate surface area is 61.2 Å². The van der Waals surface area contributed by atoms with Crippen molar-refractivity contribution in [2.75, 3.05) is 6.54 Å². The van der Waals surface area contributed by atoms with Crippen molar-refractivity contribution in [1.82, 2.24) is 0 Å². The van der Waals surface area contributed by atoms with E-state index < -0.39 is 0 Å². The van der Waals surface area contributed by atoms with Gasteiger partial charge in [-0.2, -0.15) is 0 Å². The largest absolute Gasteiger partial charge is 0.285 e. The number of rotatable bonds is 0. The summed E-state index contributed by atoms with van der Waals surface area (Å²) in [6, 6.07) is 0. The first-order chi connectivity index (χ1) is 4.97. The van der Waals surface area contributed by atoms with E-state index in [2.05, 4.69) is 23.2 Å². The molecule has 1 aliphatic carbocycles. The Bertz CT molecular complexity index is 221. The Morgan fingerprint density at radius 1 is 1.40 bits per heavy atom. The molecule has 0 spiro atoms. The quantitative estimate of drug-likeness (QED) is 0.480. The van der Waals surface area contributed by atoms with Crippen LogP contribution < -0.4 is 0 Å². The van der Waals surface area contributed by atoms with Crippen LogP contribution in [0.1, 0.15) is 19.3 Å². The predicted octanol–water partition coefficient (Wildman–Crippen LogP) is 2.11. The van der Waals surface area contributed by atoms with Crippen LogP contribution in [0, 0.1) is 0 Å². The summed E-state index contributed by atoms with van der Waals surface area (Å²) in [7, 11) is 0. The van der Waals surface area contributed by atoms with Crippen LogP contribution in [0.3, 0.4) is 0 Å². The van der Waals surface area contributed by atoms with Gasteiger partial charge in [0, 0.05) is 6.54 Å². The molecule has 0 unspecified atom stereocenters. The van der Waals surface area contributed by atoms with E-state index in [0.29, 0.717) is 0 Å². The van der Waals surface area contributed by atoms with Gasteiger partial charge in [0.05, 0.1) is 5.71 Å². The van der Waals surface area contributed by atoms with Crippen molar-refractivity contribution in [3.63, 3.8) is 0 Å². The molecule has 0 fully saturated rings. The zero-order valence-corrected chi connectivity index (χ0v) is 6.01. The molecular formula is C9H11N. The fourth-order valence-corrected chi connectivity index (χ4v) is 1.45. The van der Waals surface area contributed by atoms with Gasteiger partial charge in [0.2, 0.25) is 0 Å². The van der Waals surface area contributed by atoms with Gasteiger partial charge in [0.25, 0.3) is 0 Å². The highest BCUT2D eigenvalue weighted by molar-refractivity contribution is 6.09. The van der Waals surface area contributed by atoms with Gasteiger partial charge in [-0.05, 0) is 30.9 Å². The number of aliphatic imine (C=N–C) groups is 1. The fraction of sp³-hybridized carbons (Fsp3) is 0.444. The number of hydrogen-bond acceptors (Lipinski definition) is 1. The molecule has 52 valence electrons. The summed E-state index contributed by atoms with van der Waals surface area (Å²) in [6.07, 6.45) is 10.2. The molecule has 1 aliphatic heterocycles. The molecule has 1 heterocycles. The second-order valence-electron chi connectivity index (χ2n) is 2.74.